The minimum Gasteiger partial charge on any atom is -0.377 e. The van der Waals surface area contributed by atoms with Gasteiger partial charge in [0.05, 0.1) is 26.4 Å². The van der Waals surface area contributed by atoms with E-state index >= 15 is 0 Å². The summed E-state index contributed by atoms with van der Waals surface area (Å²) in [4.78, 5) is 0. The van der Waals surface area contributed by atoms with Gasteiger partial charge in [0.2, 0.25) is 0 Å². The Labute approximate surface area is 108 Å². The monoisotopic (exact) mass is 242 g/mol. The van der Waals surface area contributed by atoms with E-state index in [0.717, 1.165) is 13.2 Å². The molecular formula is C16H18O2. The highest BCUT2D eigenvalue weighted by atomic mass is 16.6. The topological polar surface area (TPSA) is 21.8 Å². The van der Waals surface area contributed by atoms with Crippen LogP contribution in [0.5, 0.6) is 0 Å². The van der Waals surface area contributed by atoms with Crippen molar-refractivity contribution in [2.45, 2.75) is 13.2 Å². The van der Waals surface area contributed by atoms with Crippen LogP contribution < -0.4 is 0 Å². The molecule has 0 bridgehead atoms. The SMILES string of the molecule is C1CO1.c1ccc(COCc2ccccc2)cc1. The third kappa shape index (κ3) is 5.62. The maximum absolute atomic E-state index is 5.61. The molecule has 18 heavy (non-hydrogen) atoms. The Morgan fingerprint density at radius 1 is 0.722 bits per heavy atom. The number of hydrogen-bond acceptors (Lipinski definition) is 2. The molecule has 2 heteroatoms. The molecule has 1 fully saturated rings. The Bertz CT molecular complexity index is 381. The molecule has 0 atom stereocenters. The molecule has 2 aromatic carbocycles. The molecule has 2 nitrogen and oxygen atoms in total. The molecule has 1 aliphatic heterocycles. The number of hydrogen-bond donors (Lipinski definition) is 0. The van der Waals surface area contributed by atoms with Crippen molar-refractivity contribution >= 4 is 0 Å². The molecule has 1 saturated heterocycles. The van der Waals surface area contributed by atoms with Gasteiger partial charge >= 0.3 is 0 Å². The van der Waals surface area contributed by atoms with Crippen LogP contribution in [-0.2, 0) is 22.7 Å². The molecule has 0 unspecified atom stereocenters. The smallest absolute Gasteiger partial charge is 0.0721 e. The normalized spacial score (nSPS) is 12.4. The van der Waals surface area contributed by atoms with Gasteiger partial charge in [0, 0.05) is 0 Å². The van der Waals surface area contributed by atoms with Crippen molar-refractivity contribution in [1.29, 1.82) is 0 Å². The molecule has 1 heterocycles. The van der Waals surface area contributed by atoms with E-state index in [-0.39, 0.29) is 0 Å². The van der Waals surface area contributed by atoms with Crippen LogP contribution in [0.1, 0.15) is 11.1 Å². The first-order valence-corrected chi connectivity index (χ1v) is 6.18. The fourth-order valence-corrected chi connectivity index (χ4v) is 1.44. The van der Waals surface area contributed by atoms with Crippen LogP contribution in [0.4, 0.5) is 0 Å². The Morgan fingerprint density at radius 3 is 1.44 bits per heavy atom. The van der Waals surface area contributed by atoms with E-state index in [9.17, 15) is 0 Å². The highest BCUT2D eigenvalue weighted by Gasteiger charge is 1.94. The molecule has 0 amide bonds. The first-order chi connectivity index (χ1) is 8.95. The van der Waals surface area contributed by atoms with Crippen molar-refractivity contribution in [3.8, 4) is 0 Å². The predicted molar refractivity (Wildman–Crippen MR) is 72.2 cm³/mol. The zero-order valence-corrected chi connectivity index (χ0v) is 10.4. The quantitative estimate of drug-likeness (QED) is 0.766. The second-order valence-corrected chi connectivity index (χ2v) is 4.08. The Kier molecular flexibility index (Phi) is 5.44. The van der Waals surface area contributed by atoms with Gasteiger partial charge in [0.25, 0.3) is 0 Å². The van der Waals surface area contributed by atoms with Gasteiger partial charge in [0.15, 0.2) is 0 Å². The third-order valence-electron chi connectivity index (χ3n) is 2.43. The van der Waals surface area contributed by atoms with E-state index < -0.39 is 0 Å². The summed E-state index contributed by atoms with van der Waals surface area (Å²) < 4.78 is 10.1. The van der Waals surface area contributed by atoms with Crippen molar-refractivity contribution < 1.29 is 9.47 Å². The molecule has 0 aliphatic carbocycles. The van der Waals surface area contributed by atoms with E-state index in [0.29, 0.717) is 13.2 Å². The fourth-order valence-electron chi connectivity index (χ4n) is 1.44. The Morgan fingerprint density at radius 2 is 1.11 bits per heavy atom. The largest absolute Gasteiger partial charge is 0.377 e. The molecule has 2 aromatic rings. The number of rotatable bonds is 4. The standard InChI is InChI=1S/C14H14O.C2H4O/c1-3-7-13(8-4-1)11-15-12-14-9-5-2-6-10-14;1-2-3-1/h1-10H,11-12H2;1-2H2. The van der Waals surface area contributed by atoms with E-state index in [1.807, 2.05) is 36.4 Å². The summed E-state index contributed by atoms with van der Waals surface area (Å²) in [7, 11) is 0. The number of epoxide rings is 1. The molecule has 3 rings (SSSR count). The zero-order valence-electron chi connectivity index (χ0n) is 10.4. The molecule has 0 saturated carbocycles. The van der Waals surface area contributed by atoms with Crippen LogP contribution >= 0.6 is 0 Å². The van der Waals surface area contributed by atoms with Crippen LogP contribution in [0.3, 0.4) is 0 Å². The highest BCUT2D eigenvalue weighted by Crippen LogP contribution is 2.05. The van der Waals surface area contributed by atoms with Crippen molar-refractivity contribution in [2.75, 3.05) is 13.2 Å². The first kappa shape index (κ1) is 12.8. The second kappa shape index (κ2) is 7.64. The van der Waals surface area contributed by atoms with E-state index in [2.05, 4.69) is 29.0 Å². The summed E-state index contributed by atoms with van der Waals surface area (Å²) in [5.74, 6) is 0. The van der Waals surface area contributed by atoms with Gasteiger partial charge in [-0.15, -0.1) is 0 Å². The van der Waals surface area contributed by atoms with Gasteiger partial charge in [-0.25, -0.2) is 0 Å². The van der Waals surface area contributed by atoms with E-state index in [1.54, 1.807) is 0 Å². The third-order valence-corrected chi connectivity index (χ3v) is 2.43. The van der Waals surface area contributed by atoms with Gasteiger partial charge in [-0.3, -0.25) is 0 Å². The Balaban J connectivity index is 0.000000350. The minimum absolute atomic E-state index is 0.676. The molecular weight excluding hydrogens is 224 g/mol. The number of benzene rings is 2. The summed E-state index contributed by atoms with van der Waals surface area (Å²) >= 11 is 0. The van der Waals surface area contributed by atoms with Gasteiger partial charge < -0.3 is 9.47 Å². The summed E-state index contributed by atoms with van der Waals surface area (Å²) in [5, 5.41) is 0. The summed E-state index contributed by atoms with van der Waals surface area (Å²) in [6.07, 6.45) is 0. The average molecular weight is 242 g/mol. The lowest BCUT2D eigenvalue weighted by Gasteiger charge is -2.03. The lowest BCUT2D eigenvalue weighted by molar-refractivity contribution is 0.107. The highest BCUT2D eigenvalue weighted by molar-refractivity contribution is 5.15. The predicted octanol–water partition coefficient (Wildman–Crippen LogP) is 3.42. The maximum atomic E-state index is 5.61. The Hall–Kier alpha value is -1.64. The minimum atomic E-state index is 0.676. The molecule has 0 radical (unpaired) electrons. The lowest BCUT2D eigenvalue weighted by atomic mass is 10.2. The average Bonchev–Trinajstić information content (AvgIpc) is 3.29. The number of ether oxygens (including phenoxy) is 2. The van der Waals surface area contributed by atoms with Crippen molar-refractivity contribution in [2.24, 2.45) is 0 Å². The van der Waals surface area contributed by atoms with Crippen LogP contribution in [-0.4, -0.2) is 13.2 Å². The van der Waals surface area contributed by atoms with Crippen LogP contribution in [0.25, 0.3) is 0 Å². The van der Waals surface area contributed by atoms with Gasteiger partial charge in [-0.05, 0) is 11.1 Å². The lowest BCUT2D eigenvalue weighted by Crippen LogP contribution is -1.93. The zero-order chi connectivity index (χ0) is 12.5. The van der Waals surface area contributed by atoms with Crippen molar-refractivity contribution in [1.82, 2.24) is 0 Å². The summed E-state index contributed by atoms with van der Waals surface area (Å²) in [6, 6.07) is 20.4. The van der Waals surface area contributed by atoms with E-state index in [4.69, 9.17) is 4.74 Å². The van der Waals surface area contributed by atoms with Gasteiger partial charge in [-0.1, -0.05) is 60.7 Å². The summed E-state index contributed by atoms with van der Waals surface area (Å²) in [6.45, 7) is 3.35. The van der Waals surface area contributed by atoms with Crippen LogP contribution in [0.15, 0.2) is 60.7 Å². The van der Waals surface area contributed by atoms with E-state index in [1.165, 1.54) is 11.1 Å². The summed E-state index contributed by atoms with van der Waals surface area (Å²) in [5.41, 5.74) is 2.43. The van der Waals surface area contributed by atoms with Gasteiger partial charge in [0.1, 0.15) is 0 Å². The first-order valence-electron chi connectivity index (χ1n) is 6.18. The molecule has 0 spiro atoms. The fraction of sp³-hybridized carbons (Fsp3) is 0.250. The van der Waals surface area contributed by atoms with Crippen molar-refractivity contribution in [3.63, 3.8) is 0 Å². The molecule has 0 N–H and O–H groups in total. The second-order valence-electron chi connectivity index (χ2n) is 4.08. The van der Waals surface area contributed by atoms with Crippen LogP contribution in [0, 0.1) is 0 Å². The molecule has 0 aromatic heterocycles. The van der Waals surface area contributed by atoms with Crippen molar-refractivity contribution in [3.05, 3.63) is 71.8 Å². The molecule has 1 aliphatic rings. The van der Waals surface area contributed by atoms with Gasteiger partial charge in [-0.2, -0.15) is 0 Å². The maximum Gasteiger partial charge on any atom is 0.0721 e. The van der Waals surface area contributed by atoms with Crippen LogP contribution in [0.2, 0.25) is 0 Å². The molecule has 94 valence electrons.